The molecule has 0 bridgehead atoms. The summed E-state index contributed by atoms with van der Waals surface area (Å²) in [5.74, 6) is 1.58. The van der Waals surface area contributed by atoms with Crippen molar-refractivity contribution < 1.29 is 4.42 Å². The van der Waals surface area contributed by atoms with Crippen LogP contribution in [-0.2, 0) is 0 Å². The minimum absolute atomic E-state index is 0.362. The summed E-state index contributed by atoms with van der Waals surface area (Å²) in [4.78, 5) is 0. The first kappa shape index (κ1) is 14.9. The van der Waals surface area contributed by atoms with E-state index in [1.807, 2.05) is 6.07 Å². The second-order valence-electron chi connectivity index (χ2n) is 5.78. The second-order valence-corrected chi connectivity index (χ2v) is 6.13. The van der Waals surface area contributed by atoms with Crippen LogP contribution in [0.5, 0.6) is 0 Å². The van der Waals surface area contributed by atoms with Crippen LogP contribution >= 0.6 is 11.6 Å². The molecule has 0 aliphatic heterocycles. The molecule has 0 radical (unpaired) electrons. The molecule has 1 fully saturated rings. The quantitative estimate of drug-likeness (QED) is 0.777. The molecule has 1 heterocycles. The van der Waals surface area contributed by atoms with Crippen LogP contribution in [0.15, 0.2) is 16.7 Å². The van der Waals surface area contributed by atoms with Crippen molar-refractivity contribution in [2.75, 3.05) is 6.54 Å². The Morgan fingerprint density at radius 1 is 1.42 bits per heavy atom. The summed E-state index contributed by atoms with van der Waals surface area (Å²) in [7, 11) is 0. The molecule has 0 saturated heterocycles. The van der Waals surface area contributed by atoms with Gasteiger partial charge in [0.1, 0.15) is 0 Å². The van der Waals surface area contributed by atoms with Crippen LogP contribution in [0.3, 0.4) is 0 Å². The molecule has 108 valence electrons. The predicted octanol–water partition coefficient (Wildman–Crippen LogP) is 5.19. The maximum Gasteiger partial charge on any atom is 0.197 e. The van der Waals surface area contributed by atoms with Crippen molar-refractivity contribution in [1.29, 1.82) is 0 Å². The maximum atomic E-state index is 6.20. The fourth-order valence-electron chi connectivity index (χ4n) is 3.36. The molecule has 1 N–H and O–H groups in total. The van der Waals surface area contributed by atoms with Crippen LogP contribution in [0.25, 0.3) is 0 Å². The summed E-state index contributed by atoms with van der Waals surface area (Å²) in [5.41, 5.74) is 1.15. The van der Waals surface area contributed by atoms with Crippen molar-refractivity contribution in [2.24, 2.45) is 11.8 Å². The molecule has 3 unspecified atom stereocenters. The van der Waals surface area contributed by atoms with Gasteiger partial charge in [0.05, 0.1) is 6.26 Å². The number of rotatable bonds is 6. The average molecular weight is 284 g/mol. The van der Waals surface area contributed by atoms with Crippen LogP contribution in [0.4, 0.5) is 0 Å². The molecule has 3 heteroatoms. The van der Waals surface area contributed by atoms with E-state index < -0.39 is 0 Å². The molecule has 1 aliphatic rings. The third-order valence-corrected chi connectivity index (χ3v) is 4.77. The lowest BCUT2D eigenvalue weighted by molar-refractivity contribution is 0.209. The highest BCUT2D eigenvalue weighted by atomic mass is 35.5. The van der Waals surface area contributed by atoms with Crippen LogP contribution in [0.1, 0.15) is 64.0 Å². The van der Waals surface area contributed by atoms with Gasteiger partial charge in [-0.25, -0.2) is 0 Å². The van der Waals surface area contributed by atoms with Gasteiger partial charge in [0.15, 0.2) is 5.22 Å². The standard InChI is InChI=1S/C16H26ClNO/c1-3-9-18-15(14-8-10-19-16(14)17)13-7-5-6-12(4-2)11-13/h8,10,12-13,15,18H,3-7,9,11H2,1-2H3. The van der Waals surface area contributed by atoms with E-state index in [2.05, 4.69) is 19.2 Å². The third-order valence-electron chi connectivity index (χ3n) is 4.47. The van der Waals surface area contributed by atoms with E-state index in [4.69, 9.17) is 16.0 Å². The first-order chi connectivity index (χ1) is 9.26. The van der Waals surface area contributed by atoms with Gasteiger partial charge >= 0.3 is 0 Å². The summed E-state index contributed by atoms with van der Waals surface area (Å²) >= 11 is 6.20. The van der Waals surface area contributed by atoms with E-state index in [9.17, 15) is 0 Å². The highest BCUT2D eigenvalue weighted by Crippen LogP contribution is 2.40. The lowest BCUT2D eigenvalue weighted by Crippen LogP contribution is -2.32. The normalized spacial score (nSPS) is 25.4. The number of furan rings is 1. The molecule has 19 heavy (non-hydrogen) atoms. The van der Waals surface area contributed by atoms with Crippen LogP contribution in [0.2, 0.25) is 5.22 Å². The zero-order valence-corrected chi connectivity index (χ0v) is 12.9. The first-order valence-corrected chi connectivity index (χ1v) is 8.10. The zero-order chi connectivity index (χ0) is 13.7. The Morgan fingerprint density at radius 3 is 2.89 bits per heavy atom. The molecule has 1 saturated carbocycles. The fraction of sp³-hybridized carbons (Fsp3) is 0.750. The van der Waals surface area contributed by atoms with E-state index in [1.165, 1.54) is 32.1 Å². The van der Waals surface area contributed by atoms with Gasteiger partial charge < -0.3 is 9.73 Å². The van der Waals surface area contributed by atoms with Crippen molar-refractivity contribution in [1.82, 2.24) is 5.32 Å². The Bertz CT molecular complexity index is 377. The Labute approximate surface area is 121 Å². The Morgan fingerprint density at radius 2 is 2.26 bits per heavy atom. The molecule has 2 nitrogen and oxygen atoms in total. The minimum atomic E-state index is 0.362. The molecule has 0 spiro atoms. The first-order valence-electron chi connectivity index (χ1n) is 7.72. The van der Waals surface area contributed by atoms with E-state index in [0.717, 1.165) is 24.4 Å². The molecule has 2 rings (SSSR count). The van der Waals surface area contributed by atoms with Crippen molar-refractivity contribution in [3.05, 3.63) is 23.1 Å². The van der Waals surface area contributed by atoms with E-state index >= 15 is 0 Å². The Balaban J connectivity index is 2.10. The summed E-state index contributed by atoms with van der Waals surface area (Å²) in [6, 6.07) is 2.39. The largest absolute Gasteiger partial charge is 0.453 e. The number of hydrogen-bond donors (Lipinski definition) is 1. The topological polar surface area (TPSA) is 25.2 Å². The number of halogens is 1. The van der Waals surface area contributed by atoms with Crippen molar-refractivity contribution in [2.45, 2.75) is 58.4 Å². The van der Waals surface area contributed by atoms with Crippen molar-refractivity contribution in [3.63, 3.8) is 0 Å². The Hall–Kier alpha value is -0.470. The predicted molar refractivity (Wildman–Crippen MR) is 80.5 cm³/mol. The molecule has 0 aromatic carbocycles. The molecular weight excluding hydrogens is 258 g/mol. The SMILES string of the molecule is CCCNC(c1ccoc1Cl)C1CCCC(CC)C1. The van der Waals surface area contributed by atoms with Crippen molar-refractivity contribution in [3.8, 4) is 0 Å². The molecule has 1 aliphatic carbocycles. The van der Waals surface area contributed by atoms with Gasteiger partial charge in [-0.2, -0.15) is 0 Å². The zero-order valence-electron chi connectivity index (χ0n) is 12.1. The smallest absolute Gasteiger partial charge is 0.197 e. The molecular formula is C16H26ClNO. The van der Waals surface area contributed by atoms with E-state index in [1.54, 1.807) is 6.26 Å². The monoisotopic (exact) mass is 283 g/mol. The summed E-state index contributed by atoms with van der Waals surface area (Å²) in [6.45, 7) is 5.56. The van der Waals surface area contributed by atoms with Gasteiger partial charge in [-0.15, -0.1) is 0 Å². The summed E-state index contributed by atoms with van der Waals surface area (Å²) in [5, 5.41) is 4.24. The van der Waals surface area contributed by atoms with Crippen LogP contribution < -0.4 is 5.32 Å². The minimum Gasteiger partial charge on any atom is -0.453 e. The van der Waals surface area contributed by atoms with Crippen LogP contribution in [0, 0.1) is 11.8 Å². The van der Waals surface area contributed by atoms with Gasteiger partial charge in [0.25, 0.3) is 0 Å². The highest BCUT2D eigenvalue weighted by Gasteiger charge is 2.30. The second kappa shape index (κ2) is 7.35. The lowest BCUT2D eigenvalue weighted by atomic mass is 9.75. The lowest BCUT2D eigenvalue weighted by Gasteiger charge is -2.34. The van der Waals surface area contributed by atoms with Gasteiger partial charge in [0, 0.05) is 11.6 Å². The summed E-state index contributed by atoms with van der Waals surface area (Å²) < 4.78 is 5.29. The van der Waals surface area contributed by atoms with Gasteiger partial charge in [-0.1, -0.05) is 33.1 Å². The van der Waals surface area contributed by atoms with Crippen LogP contribution in [-0.4, -0.2) is 6.54 Å². The number of nitrogens with one attached hydrogen (secondary N) is 1. The van der Waals surface area contributed by atoms with E-state index in [0.29, 0.717) is 17.2 Å². The molecule has 1 aromatic heterocycles. The Kier molecular flexibility index (Phi) is 5.77. The summed E-state index contributed by atoms with van der Waals surface area (Å²) in [6.07, 6.45) is 9.53. The molecule has 0 amide bonds. The van der Waals surface area contributed by atoms with Gasteiger partial charge in [0.2, 0.25) is 0 Å². The van der Waals surface area contributed by atoms with E-state index in [-0.39, 0.29) is 0 Å². The maximum absolute atomic E-state index is 6.20. The molecule has 3 atom stereocenters. The molecule has 1 aromatic rings. The third kappa shape index (κ3) is 3.76. The fourth-order valence-corrected chi connectivity index (χ4v) is 3.60. The van der Waals surface area contributed by atoms with Gasteiger partial charge in [-0.05, 0) is 55.3 Å². The van der Waals surface area contributed by atoms with Gasteiger partial charge in [-0.3, -0.25) is 0 Å². The average Bonchev–Trinajstić information content (AvgIpc) is 2.86. The highest BCUT2D eigenvalue weighted by molar-refractivity contribution is 6.29. The number of hydrogen-bond acceptors (Lipinski definition) is 2. The van der Waals surface area contributed by atoms with Crippen molar-refractivity contribution >= 4 is 11.6 Å².